The van der Waals surface area contributed by atoms with Crippen LogP contribution in [-0.2, 0) is 4.79 Å². The molecule has 0 unspecified atom stereocenters. The number of carbonyl (C=O) groups is 3. The number of hydrogen-bond donors (Lipinski definition) is 2. The lowest BCUT2D eigenvalue weighted by atomic mass is 9.96. The molecular formula is C14H16N2O4. The van der Waals surface area contributed by atoms with Gasteiger partial charge in [0.15, 0.2) is 0 Å². The zero-order valence-corrected chi connectivity index (χ0v) is 10.9. The van der Waals surface area contributed by atoms with E-state index in [4.69, 9.17) is 10.8 Å². The monoisotopic (exact) mass is 276 g/mol. The summed E-state index contributed by atoms with van der Waals surface area (Å²) in [5.41, 5.74) is 5.66. The van der Waals surface area contributed by atoms with E-state index >= 15 is 0 Å². The van der Waals surface area contributed by atoms with Crippen LogP contribution in [0.2, 0.25) is 0 Å². The first-order valence-corrected chi connectivity index (χ1v) is 6.41. The number of carboxylic acid groups (broad SMARTS) is 1. The molecule has 1 aromatic rings. The van der Waals surface area contributed by atoms with Crippen molar-refractivity contribution in [3.8, 4) is 0 Å². The van der Waals surface area contributed by atoms with Crippen molar-refractivity contribution in [1.82, 2.24) is 4.90 Å². The number of likely N-dealkylation sites (tertiary alicyclic amines) is 1. The molecule has 6 nitrogen and oxygen atoms in total. The van der Waals surface area contributed by atoms with Crippen LogP contribution < -0.4 is 5.73 Å². The Balaban J connectivity index is 2.16. The van der Waals surface area contributed by atoms with E-state index in [-0.39, 0.29) is 17.4 Å². The fraction of sp³-hybridized carbons (Fsp3) is 0.357. The Morgan fingerprint density at radius 3 is 2.60 bits per heavy atom. The maximum absolute atomic E-state index is 12.3. The Morgan fingerprint density at radius 1 is 1.25 bits per heavy atom. The number of benzene rings is 1. The van der Waals surface area contributed by atoms with Gasteiger partial charge in [-0.15, -0.1) is 0 Å². The molecule has 2 amide bonds. The number of hydrogen-bond acceptors (Lipinski definition) is 3. The summed E-state index contributed by atoms with van der Waals surface area (Å²) >= 11 is 0. The predicted molar refractivity (Wildman–Crippen MR) is 71.2 cm³/mol. The molecule has 106 valence electrons. The molecule has 3 N–H and O–H groups in total. The van der Waals surface area contributed by atoms with Crippen LogP contribution >= 0.6 is 0 Å². The first kappa shape index (κ1) is 14.0. The van der Waals surface area contributed by atoms with E-state index in [1.54, 1.807) is 11.0 Å². The summed E-state index contributed by atoms with van der Waals surface area (Å²) in [5.74, 6) is -2.07. The van der Waals surface area contributed by atoms with Gasteiger partial charge in [0.1, 0.15) is 0 Å². The minimum atomic E-state index is -1.08. The van der Waals surface area contributed by atoms with Crippen molar-refractivity contribution in [2.24, 2.45) is 11.7 Å². The summed E-state index contributed by atoms with van der Waals surface area (Å²) in [5, 5.41) is 8.93. The van der Waals surface area contributed by atoms with Gasteiger partial charge in [0.2, 0.25) is 5.91 Å². The van der Waals surface area contributed by atoms with Gasteiger partial charge in [0.25, 0.3) is 5.91 Å². The third kappa shape index (κ3) is 2.96. The molecule has 1 aliphatic heterocycles. The van der Waals surface area contributed by atoms with Gasteiger partial charge in [0.05, 0.1) is 11.5 Å². The molecular weight excluding hydrogens is 260 g/mol. The first-order valence-electron chi connectivity index (χ1n) is 6.41. The quantitative estimate of drug-likeness (QED) is 0.849. The van der Waals surface area contributed by atoms with Crippen molar-refractivity contribution in [2.75, 3.05) is 13.1 Å². The lowest BCUT2D eigenvalue weighted by Gasteiger charge is -2.31. The molecule has 0 radical (unpaired) electrons. The summed E-state index contributed by atoms with van der Waals surface area (Å²) in [6.07, 6.45) is 1.41. The van der Waals surface area contributed by atoms with Crippen molar-refractivity contribution in [1.29, 1.82) is 0 Å². The molecule has 0 bridgehead atoms. The number of amides is 2. The Labute approximate surface area is 116 Å². The number of aromatic carboxylic acids is 1. The van der Waals surface area contributed by atoms with Crippen molar-refractivity contribution in [3.63, 3.8) is 0 Å². The average Bonchev–Trinajstić information content (AvgIpc) is 2.46. The number of piperidine rings is 1. The number of nitrogens with two attached hydrogens (primary N) is 1. The maximum atomic E-state index is 12.3. The van der Waals surface area contributed by atoms with E-state index in [1.807, 2.05) is 0 Å². The zero-order valence-electron chi connectivity index (χ0n) is 10.9. The van der Waals surface area contributed by atoms with E-state index in [0.717, 1.165) is 6.42 Å². The van der Waals surface area contributed by atoms with Crippen molar-refractivity contribution < 1.29 is 19.5 Å². The Hall–Kier alpha value is -2.37. The fourth-order valence-corrected chi connectivity index (χ4v) is 2.36. The zero-order chi connectivity index (χ0) is 14.7. The predicted octanol–water partition coefficient (Wildman–Crippen LogP) is 0.722. The number of carbonyl (C=O) groups excluding carboxylic acids is 2. The van der Waals surface area contributed by atoms with E-state index in [1.165, 1.54) is 18.2 Å². The molecule has 1 atom stereocenters. The number of carboxylic acids is 1. The summed E-state index contributed by atoms with van der Waals surface area (Å²) < 4.78 is 0. The van der Waals surface area contributed by atoms with Crippen LogP contribution in [0.15, 0.2) is 24.3 Å². The van der Waals surface area contributed by atoms with Gasteiger partial charge in [-0.2, -0.15) is 0 Å². The molecule has 1 fully saturated rings. The Kier molecular flexibility index (Phi) is 4.02. The molecule has 1 aromatic carbocycles. The van der Waals surface area contributed by atoms with Gasteiger partial charge in [0, 0.05) is 18.7 Å². The van der Waals surface area contributed by atoms with Crippen LogP contribution in [0.5, 0.6) is 0 Å². The highest BCUT2D eigenvalue weighted by atomic mass is 16.4. The lowest BCUT2D eigenvalue weighted by molar-refractivity contribution is -0.123. The maximum Gasteiger partial charge on any atom is 0.335 e. The Bertz CT molecular complexity index is 556. The third-order valence-corrected chi connectivity index (χ3v) is 3.47. The molecule has 0 saturated carbocycles. The molecule has 1 heterocycles. The molecule has 1 aliphatic rings. The van der Waals surface area contributed by atoms with Crippen molar-refractivity contribution >= 4 is 17.8 Å². The topological polar surface area (TPSA) is 101 Å². The third-order valence-electron chi connectivity index (χ3n) is 3.47. The summed E-state index contributed by atoms with van der Waals surface area (Å²) in [4.78, 5) is 36.0. The second kappa shape index (κ2) is 5.73. The van der Waals surface area contributed by atoms with Gasteiger partial charge in [-0.3, -0.25) is 9.59 Å². The summed E-state index contributed by atoms with van der Waals surface area (Å²) in [6, 6.07) is 5.88. The minimum absolute atomic E-state index is 0.0688. The second-order valence-electron chi connectivity index (χ2n) is 4.88. The van der Waals surface area contributed by atoms with Crippen LogP contribution in [0.4, 0.5) is 0 Å². The smallest absolute Gasteiger partial charge is 0.335 e. The van der Waals surface area contributed by atoms with Gasteiger partial charge < -0.3 is 15.7 Å². The number of nitrogens with zero attached hydrogens (tertiary/aromatic N) is 1. The largest absolute Gasteiger partial charge is 0.478 e. The average molecular weight is 276 g/mol. The minimum Gasteiger partial charge on any atom is -0.478 e. The van der Waals surface area contributed by atoms with E-state index in [0.29, 0.717) is 25.1 Å². The summed E-state index contributed by atoms with van der Waals surface area (Å²) in [6.45, 7) is 0.853. The van der Waals surface area contributed by atoms with Gasteiger partial charge in [-0.25, -0.2) is 4.79 Å². The van der Waals surface area contributed by atoms with Crippen LogP contribution in [0, 0.1) is 5.92 Å². The molecule has 0 aromatic heterocycles. The molecule has 20 heavy (non-hydrogen) atoms. The van der Waals surface area contributed by atoms with E-state index < -0.39 is 11.9 Å². The molecule has 2 rings (SSSR count). The van der Waals surface area contributed by atoms with Crippen molar-refractivity contribution in [3.05, 3.63) is 35.4 Å². The normalized spacial score (nSPS) is 18.6. The van der Waals surface area contributed by atoms with Gasteiger partial charge in [-0.05, 0) is 31.0 Å². The Morgan fingerprint density at radius 2 is 1.95 bits per heavy atom. The molecule has 1 saturated heterocycles. The second-order valence-corrected chi connectivity index (χ2v) is 4.88. The SMILES string of the molecule is NC(=O)[C@@H]1CCCN(C(=O)c2cccc(C(=O)O)c2)C1. The fourth-order valence-electron chi connectivity index (χ4n) is 2.36. The lowest BCUT2D eigenvalue weighted by Crippen LogP contribution is -2.44. The first-order chi connectivity index (χ1) is 9.49. The highest BCUT2D eigenvalue weighted by Gasteiger charge is 2.27. The highest BCUT2D eigenvalue weighted by molar-refractivity contribution is 5.97. The van der Waals surface area contributed by atoms with Crippen LogP contribution in [0.25, 0.3) is 0 Å². The van der Waals surface area contributed by atoms with Crippen LogP contribution in [0.1, 0.15) is 33.6 Å². The molecule has 0 spiro atoms. The number of rotatable bonds is 3. The molecule has 0 aliphatic carbocycles. The summed E-state index contributed by atoms with van der Waals surface area (Å²) in [7, 11) is 0. The number of primary amides is 1. The van der Waals surface area contributed by atoms with E-state index in [2.05, 4.69) is 0 Å². The van der Waals surface area contributed by atoms with Gasteiger partial charge >= 0.3 is 5.97 Å². The highest BCUT2D eigenvalue weighted by Crippen LogP contribution is 2.18. The van der Waals surface area contributed by atoms with Gasteiger partial charge in [-0.1, -0.05) is 6.07 Å². The van der Waals surface area contributed by atoms with Crippen LogP contribution in [-0.4, -0.2) is 40.9 Å². The van der Waals surface area contributed by atoms with E-state index in [9.17, 15) is 14.4 Å². The van der Waals surface area contributed by atoms with Crippen LogP contribution in [0.3, 0.4) is 0 Å². The molecule has 6 heteroatoms. The van der Waals surface area contributed by atoms with Crippen molar-refractivity contribution in [2.45, 2.75) is 12.8 Å². The standard InChI is InChI=1S/C14H16N2O4/c15-12(17)11-5-2-6-16(8-11)13(18)9-3-1-4-10(7-9)14(19)20/h1,3-4,7,11H,2,5-6,8H2,(H2,15,17)(H,19,20)/t11-/m1/s1.